The van der Waals surface area contributed by atoms with Gasteiger partial charge in [0.05, 0.1) is 35.0 Å². The highest BCUT2D eigenvalue weighted by Crippen LogP contribution is 2.66. The summed E-state index contributed by atoms with van der Waals surface area (Å²) in [5, 5.41) is 0.973. The number of benzene rings is 1. The number of piperazine rings is 1. The van der Waals surface area contributed by atoms with E-state index in [0.29, 0.717) is 12.1 Å². The van der Waals surface area contributed by atoms with Crippen molar-refractivity contribution >= 4 is 22.8 Å². The molecule has 6 nitrogen and oxygen atoms in total. The number of hydrogen-bond acceptors (Lipinski definition) is 4. The van der Waals surface area contributed by atoms with Crippen molar-refractivity contribution in [2.75, 3.05) is 11.4 Å². The highest BCUT2D eigenvalue weighted by atomic mass is 19.4. The molecule has 148 valence electrons. The Balaban J connectivity index is 1.16. The van der Waals surface area contributed by atoms with Gasteiger partial charge in [-0.3, -0.25) is 4.79 Å². The van der Waals surface area contributed by atoms with E-state index in [1.54, 1.807) is 6.33 Å². The summed E-state index contributed by atoms with van der Waals surface area (Å²) in [6.45, 7) is 0.715. The number of fused-ring (bicyclic) bond motifs is 1. The van der Waals surface area contributed by atoms with E-state index < -0.39 is 11.7 Å². The first kappa shape index (κ1) is 16.8. The van der Waals surface area contributed by atoms with Crippen molar-refractivity contribution < 1.29 is 18.0 Å². The van der Waals surface area contributed by atoms with Crippen LogP contribution in [0.3, 0.4) is 0 Å². The number of carbonyl (C=O) groups excluding carboxylic acids is 1. The van der Waals surface area contributed by atoms with E-state index >= 15 is 0 Å². The average molecular weight is 399 g/mol. The number of aromatic nitrogens is 3. The predicted octanol–water partition coefficient (Wildman–Crippen LogP) is 2.76. The van der Waals surface area contributed by atoms with Crippen LogP contribution in [-0.4, -0.2) is 49.9 Å². The molecule has 3 unspecified atom stereocenters. The first-order chi connectivity index (χ1) is 13.9. The minimum atomic E-state index is -4.37. The lowest BCUT2D eigenvalue weighted by atomic mass is 9.83. The van der Waals surface area contributed by atoms with Crippen molar-refractivity contribution in [3.63, 3.8) is 0 Å². The topological polar surface area (TPSA) is 65.1 Å². The zero-order valence-corrected chi connectivity index (χ0v) is 15.1. The molecule has 3 aliphatic rings. The molecular weight excluding hydrogens is 383 g/mol. The van der Waals surface area contributed by atoms with Crippen molar-refractivity contribution in [3.8, 4) is 0 Å². The molecule has 1 aromatic carbocycles. The third kappa shape index (κ3) is 2.15. The number of nitrogens with zero attached hydrogens (tertiary/aromatic N) is 4. The van der Waals surface area contributed by atoms with Gasteiger partial charge < -0.3 is 14.8 Å². The number of halogens is 3. The second kappa shape index (κ2) is 5.28. The lowest BCUT2D eigenvalue weighted by Gasteiger charge is -2.62. The van der Waals surface area contributed by atoms with E-state index in [1.165, 1.54) is 12.1 Å². The van der Waals surface area contributed by atoms with E-state index in [0.717, 1.165) is 35.4 Å². The van der Waals surface area contributed by atoms with Gasteiger partial charge in [0.15, 0.2) is 0 Å². The van der Waals surface area contributed by atoms with Crippen molar-refractivity contribution in [2.45, 2.75) is 36.6 Å². The first-order valence-electron chi connectivity index (χ1n) is 9.42. The molecule has 3 aromatic rings. The van der Waals surface area contributed by atoms with Gasteiger partial charge in [0.2, 0.25) is 5.91 Å². The number of rotatable bonds is 3. The Bertz CT molecular complexity index is 1140. The Labute approximate surface area is 163 Å². The maximum atomic E-state index is 12.8. The molecule has 2 aliphatic heterocycles. The van der Waals surface area contributed by atoms with Gasteiger partial charge in [0.1, 0.15) is 17.8 Å². The molecule has 1 aliphatic carbocycles. The Kier molecular flexibility index (Phi) is 3.06. The van der Waals surface area contributed by atoms with Crippen LogP contribution in [0.5, 0.6) is 0 Å². The number of hydrogen-bond donors (Lipinski definition) is 1. The number of H-pyrrole nitrogens is 1. The van der Waals surface area contributed by atoms with Crippen LogP contribution in [0.4, 0.5) is 19.0 Å². The smallest absolute Gasteiger partial charge is 0.346 e. The number of likely N-dealkylation sites (tertiary alicyclic amines) is 1. The van der Waals surface area contributed by atoms with E-state index in [2.05, 4.69) is 19.9 Å². The third-order valence-electron chi connectivity index (χ3n) is 6.56. The van der Waals surface area contributed by atoms with Gasteiger partial charge in [0, 0.05) is 12.7 Å². The fraction of sp³-hybridized carbons (Fsp3) is 0.350. The summed E-state index contributed by atoms with van der Waals surface area (Å²) in [6, 6.07) is 7.10. The maximum Gasteiger partial charge on any atom is 0.416 e. The number of anilines is 1. The van der Waals surface area contributed by atoms with Crippen LogP contribution in [0.1, 0.15) is 17.5 Å². The summed E-state index contributed by atoms with van der Waals surface area (Å²) >= 11 is 0. The van der Waals surface area contributed by atoms with Crippen LogP contribution in [0.2, 0.25) is 0 Å². The average Bonchev–Trinajstić information content (AvgIpc) is 3.19. The Morgan fingerprint density at radius 1 is 1.17 bits per heavy atom. The van der Waals surface area contributed by atoms with Crippen LogP contribution in [-0.2, 0) is 17.4 Å². The van der Waals surface area contributed by atoms with E-state index in [-0.39, 0.29) is 30.0 Å². The van der Waals surface area contributed by atoms with Gasteiger partial charge in [-0.25, -0.2) is 9.97 Å². The summed E-state index contributed by atoms with van der Waals surface area (Å²) in [5.41, 5.74) is 0.673. The number of carbonyl (C=O) groups is 1. The van der Waals surface area contributed by atoms with Gasteiger partial charge >= 0.3 is 6.18 Å². The van der Waals surface area contributed by atoms with Gasteiger partial charge in [-0.2, -0.15) is 13.2 Å². The molecular formula is C20H16F3N5O. The van der Waals surface area contributed by atoms with Crippen LogP contribution >= 0.6 is 0 Å². The van der Waals surface area contributed by atoms with E-state index in [9.17, 15) is 18.0 Å². The van der Waals surface area contributed by atoms with Gasteiger partial charge in [-0.05, 0) is 30.2 Å². The number of alkyl halides is 3. The lowest BCUT2D eigenvalue weighted by molar-refractivity contribution is -0.143. The van der Waals surface area contributed by atoms with Gasteiger partial charge in [-0.1, -0.05) is 12.1 Å². The van der Waals surface area contributed by atoms with Gasteiger partial charge in [0.25, 0.3) is 0 Å². The Morgan fingerprint density at radius 2 is 1.97 bits per heavy atom. The summed E-state index contributed by atoms with van der Waals surface area (Å²) < 4.78 is 38.1. The van der Waals surface area contributed by atoms with E-state index in [1.807, 2.05) is 17.2 Å². The molecule has 1 amide bonds. The van der Waals surface area contributed by atoms with Crippen molar-refractivity contribution in [1.82, 2.24) is 19.9 Å². The molecule has 6 rings (SSSR count). The van der Waals surface area contributed by atoms with E-state index in [4.69, 9.17) is 0 Å². The summed E-state index contributed by atoms with van der Waals surface area (Å²) in [6.07, 6.45) is 0.0442. The first-order valence-corrected chi connectivity index (χ1v) is 9.42. The molecule has 9 heteroatoms. The number of aromatic amines is 1. The van der Waals surface area contributed by atoms with Crippen LogP contribution in [0.25, 0.3) is 11.0 Å². The summed E-state index contributed by atoms with van der Waals surface area (Å²) in [5.74, 6) is 0.867. The highest BCUT2D eigenvalue weighted by molar-refractivity contribution is 5.91. The molecule has 0 bridgehead atoms. The molecule has 3 fully saturated rings. The van der Waals surface area contributed by atoms with Crippen molar-refractivity contribution in [2.24, 2.45) is 0 Å². The van der Waals surface area contributed by atoms with Gasteiger partial charge in [-0.15, -0.1) is 0 Å². The molecule has 2 aromatic heterocycles. The molecule has 1 N–H and O–H groups in total. The Morgan fingerprint density at radius 3 is 2.69 bits per heavy atom. The molecule has 2 saturated heterocycles. The van der Waals surface area contributed by atoms with Crippen molar-refractivity contribution in [3.05, 3.63) is 54.0 Å². The van der Waals surface area contributed by atoms with Crippen LogP contribution in [0.15, 0.2) is 42.9 Å². The molecule has 0 radical (unpaired) electrons. The quantitative estimate of drug-likeness (QED) is 0.736. The standard InChI is InChI=1S/C20H16F3N5O/c21-20(22,23)12-3-1-11(2-4-12)7-16(29)28-14-8-19(14)15(28)9-27(19)18-13-5-6-24-17(13)25-10-26-18/h1-6,10,14-15H,7-9H2,(H,24,25,26). The minimum Gasteiger partial charge on any atom is -0.346 e. The summed E-state index contributed by atoms with van der Waals surface area (Å²) in [7, 11) is 0. The maximum absolute atomic E-state index is 12.8. The van der Waals surface area contributed by atoms with Crippen molar-refractivity contribution in [1.29, 1.82) is 0 Å². The Hall–Kier alpha value is -3.10. The number of amides is 1. The molecule has 3 atom stereocenters. The second-order valence-electron chi connectivity index (χ2n) is 7.95. The highest BCUT2D eigenvalue weighted by Gasteiger charge is 2.83. The molecule has 4 heterocycles. The molecule has 1 spiro atoms. The third-order valence-corrected chi connectivity index (χ3v) is 6.56. The summed E-state index contributed by atoms with van der Waals surface area (Å²) in [4.78, 5) is 28.7. The SMILES string of the molecule is O=C(Cc1ccc(C(F)(F)F)cc1)N1C2CN(c3ncnc4[nH]ccc34)C23CC13. The zero-order chi connectivity index (χ0) is 20.0. The normalized spacial score (nSPS) is 27.1. The zero-order valence-electron chi connectivity index (χ0n) is 15.1. The largest absolute Gasteiger partial charge is 0.416 e. The number of nitrogens with one attached hydrogen (secondary N) is 1. The monoisotopic (exact) mass is 399 g/mol. The minimum absolute atomic E-state index is 0.0195. The fourth-order valence-electron chi connectivity index (χ4n) is 5.05. The van der Waals surface area contributed by atoms with Crippen LogP contribution in [0, 0.1) is 0 Å². The second-order valence-corrected chi connectivity index (χ2v) is 7.95. The molecule has 29 heavy (non-hydrogen) atoms. The molecule has 1 saturated carbocycles. The fourth-order valence-corrected chi connectivity index (χ4v) is 5.05. The lowest BCUT2D eigenvalue weighted by Crippen LogP contribution is -2.81. The van der Waals surface area contributed by atoms with Crippen LogP contribution < -0.4 is 4.90 Å². The predicted molar refractivity (Wildman–Crippen MR) is 98.2 cm³/mol.